The first-order valence-corrected chi connectivity index (χ1v) is 12.6. The lowest BCUT2D eigenvalue weighted by molar-refractivity contribution is -0.136. The second-order valence-electron chi connectivity index (χ2n) is 8.73. The second-order valence-corrected chi connectivity index (χ2v) is 9.57. The number of halogens is 2. The van der Waals surface area contributed by atoms with Crippen LogP contribution < -0.4 is 4.90 Å². The zero-order valence-electron chi connectivity index (χ0n) is 19.8. The Kier molecular flexibility index (Phi) is 7.17. The highest BCUT2D eigenvalue weighted by molar-refractivity contribution is 6.32. The van der Waals surface area contributed by atoms with Gasteiger partial charge in [0.15, 0.2) is 5.69 Å². The number of anilines is 1. The molecule has 9 heteroatoms. The number of hydrogen-bond acceptors (Lipinski definition) is 4. The van der Waals surface area contributed by atoms with E-state index in [1.165, 1.54) is 0 Å². The number of rotatable bonds is 6. The first kappa shape index (κ1) is 24.9. The van der Waals surface area contributed by atoms with E-state index >= 15 is 0 Å². The lowest BCUT2D eigenvalue weighted by Crippen LogP contribution is -2.49. The molecule has 7 nitrogen and oxygen atoms in total. The van der Waals surface area contributed by atoms with Crippen LogP contribution in [0.5, 0.6) is 0 Å². The van der Waals surface area contributed by atoms with Gasteiger partial charge in [-0.05, 0) is 36.4 Å². The molecule has 1 aliphatic rings. The Morgan fingerprint density at radius 2 is 1.49 bits per heavy atom. The number of para-hydroxylation sites is 2. The summed E-state index contributed by atoms with van der Waals surface area (Å²) in [5.41, 5.74) is 3.29. The molecule has 3 aromatic carbocycles. The molecule has 1 amide bonds. The molecule has 1 N–H and O–H groups in total. The van der Waals surface area contributed by atoms with Crippen LogP contribution in [-0.4, -0.2) is 57.8 Å². The molecule has 188 valence electrons. The molecule has 4 aromatic rings. The van der Waals surface area contributed by atoms with Gasteiger partial charge >= 0.3 is 5.97 Å². The first-order valence-electron chi connectivity index (χ1n) is 11.9. The van der Waals surface area contributed by atoms with Gasteiger partial charge in [0.25, 0.3) is 5.91 Å². The van der Waals surface area contributed by atoms with Crippen molar-refractivity contribution in [3.63, 3.8) is 0 Å². The number of amides is 1. The van der Waals surface area contributed by atoms with E-state index in [2.05, 4.69) is 10.00 Å². The molecule has 0 atom stereocenters. The van der Waals surface area contributed by atoms with Crippen molar-refractivity contribution in [2.75, 3.05) is 31.1 Å². The normalized spacial score (nSPS) is 13.6. The highest BCUT2D eigenvalue weighted by Crippen LogP contribution is 2.33. The van der Waals surface area contributed by atoms with Crippen molar-refractivity contribution < 1.29 is 14.7 Å². The van der Waals surface area contributed by atoms with Gasteiger partial charge in [-0.3, -0.25) is 9.59 Å². The molecule has 2 heterocycles. The monoisotopic (exact) mass is 534 g/mol. The number of carboxylic acid groups (broad SMARTS) is 1. The summed E-state index contributed by atoms with van der Waals surface area (Å²) in [6, 6.07) is 24.2. The van der Waals surface area contributed by atoms with Gasteiger partial charge in [-0.1, -0.05) is 65.7 Å². The van der Waals surface area contributed by atoms with Crippen molar-refractivity contribution >= 4 is 40.8 Å². The topological polar surface area (TPSA) is 78.7 Å². The van der Waals surface area contributed by atoms with Crippen LogP contribution in [0.4, 0.5) is 5.69 Å². The average Bonchev–Trinajstić information content (AvgIpc) is 3.27. The Morgan fingerprint density at radius 3 is 2.14 bits per heavy atom. The van der Waals surface area contributed by atoms with Gasteiger partial charge in [0.2, 0.25) is 0 Å². The maximum Gasteiger partial charge on any atom is 0.307 e. The molecular weight excluding hydrogens is 511 g/mol. The highest BCUT2D eigenvalue weighted by atomic mass is 35.5. The Bertz CT molecular complexity index is 1430. The summed E-state index contributed by atoms with van der Waals surface area (Å²) in [6.45, 7) is 2.32. The van der Waals surface area contributed by atoms with Crippen LogP contribution in [0.3, 0.4) is 0 Å². The van der Waals surface area contributed by atoms with E-state index in [0.717, 1.165) is 5.69 Å². The summed E-state index contributed by atoms with van der Waals surface area (Å²) < 4.78 is 1.57. The van der Waals surface area contributed by atoms with Crippen LogP contribution in [-0.2, 0) is 11.2 Å². The molecule has 37 heavy (non-hydrogen) atoms. The van der Waals surface area contributed by atoms with Gasteiger partial charge in [-0.25, -0.2) is 4.68 Å². The van der Waals surface area contributed by atoms with Crippen LogP contribution in [0.1, 0.15) is 16.1 Å². The summed E-state index contributed by atoms with van der Waals surface area (Å²) in [6.07, 6.45) is -0.368. The fourth-order valence-electron chi connectivity index (χ4n) is 4.60. The van der Waals surface area contributed by atoms with Crippen molar-refractivity contribution in [3.05, 3.63) is 100 Å². The molecule has 0 aliphatic carbocycles. The van der Waals surface area contributed by atoms with Gasteiger partial charge < -0.3 is 14.9 Å². The molecule has 0 spiro atoms. The van der Waals surface area contributed by atoms with Crippen LogP contribution >= 0.6 is 23.2 Å². The Balaban J connectivity index is 1.56. The Morgan fingerprint density at radius 1 is 0.838 bits per heavy atom. The zero-order valence-corrected chi connectivity index (χ0v) is 21.4. The van der Waals surface area contributed by atoms with Crippen LogP contribution in [0.15, 0.2) is 78.9 Å². The average molecular weight is 535 g/mol. The lowest BCUT2D eigenvalue weighted by Gasteiger charge is -2.36. The van der Waals surface area contributed by atoms with Crippen molar-refractivity contribution in [1.82, 2.24) is 14.7 Å². The number of carbonyl (C=O) groups excluding carboxylic acids is 1. The molecule has 0 bridgehead atoms. The lowest BCUT2D eigenvalue weighted by atomic mass is 10.0. The molecular formula is C28H24Cl2N4O3. The van der Waals surface area contributed by atoms with Crippen molar-refractivity contribution in [3.8, 4) is 16.9 Å². The van der Waals surface area contributed by atoms with Crippen molar-refractivity contribution in [2.45, 2.75) is 6.42 Å². The van der Waals surface area contributed by atoms with Gasteiger partial charge in [0.1, 0.15) is 0 Å². The maximum atomic E-state index is 13.8. The van der Waals surface area contributed by atoms with Gasteiger partial charge in [-0.15, -0.1) is 0 Å². The van der Waals surface area contributed by atoms with Crippen molar-refractivity contribution in [1.29, 1.82) is 0 Å². The van der Waals surface area contributed by atoms with E-state index in [0.29, 0.717) is 58.7 Å². The Hall–Kier alpha value is -3.81. The third kappa shape index (κ3) is 5.19. The minimum Gasteiger partial charge on any atom is -0.481 e. The summed E-state index contributed by atoms with van der Waals surface area (Å²) in [7, 11) is 0. The van der Waals surface area contributed by atoms with Crippen molar-refractivity contribution in [2.24, 2.45) is 0 Å². The molecule has 1 saturated heterocycles. The van der Waals surface area contributed by atoms with Crippen LogP contribution in [0.2, 0.25) is 10.0 Å². The second kappa shape index (κ2) is 10.7. The summed E-state index contributed by atoms with van der Waals surface area (Å²) >= 11 is 12.6. The van der Waals surface area contributed by atoms with Gasteiger partial charge in [0, 0.05) is 48.0 Å². The van der Waals surface area contributed by atoms with E-state index < -0.39 is 5.97 Å². The number of carboxylic acids is 1. The van der Waals surface area contributed by atoms with E-state index in [-0.39, 0.29) is 18.0 Å². The SMILES string of the molecule is O=C(O)Cc1c(C(=O)N2CCN(c3ccccc3)CC2)nn(-c2ccccc2Cl)c1-c1ccc(Cl)cc1. The van der Waals surface area contributed by atoms with Gasteiger partial charge in [-0.2, -0.15) is 5.10 Å². The van der Waals surface area contributed by atoms with E-state index in [4.69, 9.17) is 23.2 Å². The van der Waals surface area contributed by atoms with E-state index in [1.807, 2.05) is 36.4 Å². The third-order valence-electron chi connectivity index (χ3n) is 6.40. The van der Waals surface area contributed by atoms with E-state index in [1.54, 1.807) is 52.0 Å². The van der Waals surface area contributed by atoms with Crippen LogP contribution in [0.25, 0.3) is 16.9 Å². The minimum atomic E-state index is -1.06. The van der Waals surface area contributed by atoms with E-state index in [9.17, 15) is 14.7 Å². The number of aromatic nitrogens is 2. The van der Waals surface area contributed by atoms with Crippen LogP contribution in [0, 0.1) is 0 Å². The molecule has 1 aromatic heterocycles. The molecule has 1 fully saturated rings. The zero-order chi connectivity index (χ0) is 25.9. The maximum absolute atomic E-state index is 13.8. The predicted molar refractivity (Wildman–Crippen MR) is 145 cm³/mol. The number of carbonyl (C=O) groups is 2. The quantitative estimate of drug-likeness (QED) is 0.356. The smallest absolute Gasteiger partial charge is 0.307 e. The number of benzene rings is 3. The predicted octanol–water partition coefficient (Wildman–Crippen LogP) is 5.44. The molecule has 1 aliphatic heterocycles. The standard InChI is InChI=1S/C28H24Cl2N4O3/c29-20-12-10-19(11-13-20)27-22(18-25(35)36)26(31-34(27)24-9-5-4-8-23(24)30)28(37)33-16-14-32(15-17-33)21-6-2-1-3-7-21/h1-13H,14-18H2,(H,35,36). The molecule has 0 saturated carbocycles. The summed E-state index contributed by atoms with van der Waals surface area (Å²) in [4.78, 5) is 29.7. The number of piperazine rings is 1. The molecule has 0 unspecified atom stereocenters. The Labute approximate surface area is 224 Å². The molecule has 5 rings (SSSR count). The fraction of sp³-hybridized carbons (Fsp3) is 0.179. The fourth-order valence-corrected chi connectivity index (χ4v) is 4.94. The molecule has 0 radical (unpaired) electrons. The largest absolute Gasteiger partial charge is 0.481 e. The summed E-state index contributed by atoms with van der Waals surface area (Å²) in [5, 5.41) is 15.4. The number of nitrogens with zero attached hydrogens (tertiary/aromatic N) is 4. The third-order valence-corrected chi connectivity index (χ3v) is 6.97. The number of aliphatic carboxylic acids is 1. The number of hydrogen-bond donors (Lipinski definition) is 1. The highest BCUT2D eigenvalue weighted by Gasteiger charge is 2.31. The van der Waals surface area contributed by atoms with Gasteiger partial charge in [0.05, 0.1) is 22.8 Å². The summed E-state index contributed by atoms with van der Waals surface area (Å²) in [5.74, 6) is -1.36. The first-order chi connectivity index (χ1) is 17.9. The minimum absolute atomic E-state index is 0.112.